The van der Waals surface area contributed by atoms with Gasteiger partial charge in [-0.05, 0) is 19.1 Å². The number of hydrogen-bond acceptors (Lipinski definition) is 3. The van der Waals surface area contributed by atoms with Gasteiger partial charge in [0, 0.05) is 5.56 Å². The summed E-state index contributed by atoms with van der Waals surface area (Å²) < 4.78 is 0. The number of carbonyl (C=O) groups is 1. The van der Waals surface area contributed by atoms with Gasteiger partial charge in [-0.1, -0.05) is 53.6 Å². The summed E-state index contributed by atoms with van der Waals surface area (Å²) in [5.41, 5.74) is 3.04. The van der Waals surface area contributed by atoms with Gasteiger partial charge in [-0.25, -0.2) is 9.97 Å². The molecule has 1 amide bonds. The molecule has 0 atom stereocenters. The number of hydrogen-bond donors (Lipinski definition) is 1. The lowest BCUT2D eigenvalue weighted by Crippen LogP contribution is -2.12. The zero-order chi connectivity index (χ0) is 16.2. The Hall–Kier alpha value is -2.72. The molecule has 5 heteroatoms. The minimum absolute atomic E-state index is 0.290. The van der Waals surface area contributed by atoms with Gasteiger partial charge in [-0.15, -0.1) is 0 Å². The summed E-state index contributed by atoms with van der Waals surface area (Å²) in [7, 11) is 0. The van der Waals surface area contributed by atoms with E-state index >= 15 is 0 Å². The molecular formula is C18H14ClN3O. The number of carbonyl (C=O) groups excluding carboxylic acids is 1. The van der Waals surface area contributed by atoms with Gasteiger partial charge >= 0.3 is 0 Å². The number of amides is 1. The van der Waals surface area contributed by atoms with E-state index in [1.165, 1.54) is 5.56 Å². The topological polar surface area (TPSA) is 54.9 Å². The molecule has 0 radical (unpaired) electrons. The van der Waals surface area contributed by atoms with Crippen LogP contribution in [0.2, 0.25) is 5.02 Å². The molecule has 0 bridgehead atoms. The van der Waals surface area contributed by atoms with E-state index < -0.39 is 0 Å². The van der Waals surface area contributed by atoms with Crippen molar-refractivity contribution >= 4 is 23.2 Å². The maximum Gasteiger partial charge on any atom is 0.257 e. The molecule has 3 aromatic rings. The van der Waals surface area contributed by atoms with Gasteiger partial charge in [0.05, 0.1) is 28.7 Å². The summed E-state index contributed by atoms with van der Waals surface area (Å²) >= 11 is 6.01. The zero-order valence-corrected chi connectivity index (χ0v) is 13.2. The Labute approximate surface area is 139 Å². The van der Waals surface area contributed by atoms with Crippen molar-refractivity contribution < 1.29 is 4.79 Å². The Kier molecular flexibility index (Phi) is 4.35. The molecule has 0 unspecified atom stereocenters. The third-order valence-corrected chi connectivity index (χ3v) is 3.67. The number of aryl methyl sites for hydroxylation is 1. The molecule has 0 saturated heterocycles. The first-order valence-electron chi connectivity index (χ1n) is 7.08. The summed E-state index contributed by atoms with van der Waals surface area (Å²) in [6.07, 6.45) is 3.16. The Balaban J connectivity index is 1.76. The van der Waals surface area contributed by atoms with E-state index in [4.69, 9.17) is 11.6 Å². The maximum absolute atomic E-state index is 12.2. The SMILES string of the molecule is Cc1ccc(-c2ncc(NC(=O)c3ccccc3Cl)cn2)cc1. The highest BCUT2D eigenvalue weighted by Gasteiger charge is 2.10. The summed E-state index contributed by atoms with van der Waals surface area (Å²) in [6.45, 7) is 2.03. The molecule has 114 valence electrons. The molecule has 1 aromatic heterocycles. The maximum atomic E-state index is 12.2. The predicted octanol–water partition coefficient (Wildman–Crippen LogP) is 4.36. The number of nitrogens with zero attached hydrogens (tertiary/aromatic N) is 2. The molecule has 23 heavy (non-hydrogen) atoms. The largest absolute Gasteiger partial charge is 0.319 e. The van der Waals surface area contributed by atoms with Crippen molar-refractivity contribution in [2.45, 2.75) is 6.92 Å². The van der Waals surface area contributed by atoms with Gasteiger partial charge in [0.25, 0.3) is 5.91 Å². The molecule has 0 aliphatic heterocycles. The molecule has 0 aliphatic carbocycles. The van der Waals surface area contributed by atoms with Crippen LogP contribution in [0.15, 0.2) is 60.9 Å². The molecule has 2 aromatic carbocycles. The van der Waals surface area contributed by atoms with Crippen molar-refractivity contribution in [3.05, 3.63) is 77.1 Å². The van der Waals surface area contributed by atoms with Crippen LogP contribution in [0.5, 0.6) is 0 Å². The van der Waals surface area contributed by atoms with Crippen LogP contribution in [0, 0.1) is 6.92 Å². The quantitative estimate of drug-likeness (QED) is 0.779. The monoisotopic (exact) mass is 323 g/mol. The molecule has 0 spiro atoms. The van der Waals surface area contributed by atoms with Crippen LogP contribution < -0.4 is 5.32 Å². The van der Waals surface area contributed by atoms with Gasteiger partial charge < -0.3 is 5.32 Å². The van der Waals surface area contributed by atoms with E-state index in [9.17, 15) is 4.79 Å². The lowest BCUT2D eigenvalue weighted by Gasteiger charge is -2.07. The fourth-order valence-corrected chi connectivity index (χ4v) is 2.31. The van der Waals surface area contributed by atoms with Crippen molar-refractivity contribution in [2.75, 3.05) is 5.32 Å². The van der Waals surface area contributed by atoms with Gasteiger partial charge in [-0.2, -0.15) is 0 Å². The smallest absolute Gasteiger partial charge is 0.257 e. The lowest BCUT2D eigenvalue weighted by molar-refractivity contribution is 0.102. The average Bonchev–Trinajstić information content (AvgIpc) is 2.57. The highest BCUT2D eigenvalue weighted by molar-refractivity contribution is 6.34. The second-order valence-electron chi connectivity index (χ2n) is 5.10. The molecule has 3 rings (SSSR count). The van der Waals surface area contributed by atoms with E-state index in [-0.39, 0.29) is 5.91 Å². The van der Waals surface area contributed by atoms with Crippen molar-refractivity contribution in [1.29, 1.82) is 0 Å². The van der Waals surface area contributed by atoms with Crippen molar-refractivity contribution in [2.24, 2.45) is 0 Å². The summed E-state index contributed by atoms with van der Waals surface area (Å²) in [4.78, 5) is 20.8. The van der Waals surface area contributed by atoms with Crippen LogP contribution in [-0.4, -0.2) is 15.9 Å². The minimum atomic E-state index is -0.290. The summed E-state index contributed by atoms with van der Waals surface area (Å²) in [5.74, 6) is 0.322. The first kappa shape index (κ1) is 15.2. The molecule has 4 nitrogen and oxygen atoms in total. The molecular weight excluding hydrogens is 310 g/mol. The number of rotatable bonds is 3. The Morgan fingerprint density at radius 1 is 1.00 bits per heavy atom. The summed E-state index contributed by atoms with van der Waals surface area (Å²) in [6, 6.07) is 14.8. The van der Waals surface area contributed by atoms with Gasteiger partial charge in [-0.3, -0.25) is 4.79 Å². The van der Waals surface area contributed by atoms with Crippen LogP contribution in [0.3, 0.4) is 0 Å². The van der Waals surface area contributed by atoms with E-state index in [0.29, 0.717) is 22.1 Å². The predicted molar refractivity (Wildman–Crippen MR) is 91.6 cm³/mol. The average molecular weight is 324 g/mol. The van der Waals surface area contributed by atoms with Crippen molar-refractivity contribution in [3.63, 3.8) is 0 Å². The Bertz CT molecular complexity index is 830. The fraction of sp³-hybridized carbons (Fsp3) is 0.0556. The van der Waals surface area contributed by atoms with Gasteiger partial charge in [0.1, 0.15) is 0 Å². The molecule has 1 N–H and O–H groups in total. The normalized spacial score (nSPS) is 10.3. The number of anilines is 1. The number of aromatic nitrogens is 2. The Morgan fingerprint density at radius 3 is 2.30 bits per heavy atom. The molecule has 0 saturated carbocycles. The third-order valence-electron chi connectivity index (χ3n) is 3.34. The number of benzene rings is 2. The molecule has 0 aliphatic rings. The van der Waals surface area contributed by atoms with E-state index in [0.717, 1.165) is 5.56 Å². The van der Waals surface area contributed by atoms with E-state index in [1.807, 2.05) is 31.2 Å². The van der Waals surface area contributed by atoms with Crippen LogP contribution in [0.4, 0.5) is 5.69 Å². The third kappa shape index (κ3) is 3.55. The van der Waals surface area contributed by atoms with Crippen molar-refractivity contribution in [3.8, 4) is 11.4 Å². The van der Waals surface area contributed by atoms with Gasteiger partial charge in [0.15, 0.2) is 5.82 Å². The second kappa shape index (κ2) is 6.58. The minimum Gasteiger partial charge on any atom is -0.319 e. The fourth-order valence-electron chi connectivity index (χ4n) is 2.09. The van der Waals surface area contributed by atoms with Crippen LogP contribution >= 0.6 is 11.6 Å². The van der Waals surface area contributed by atoms with Crippen LogP contribution in [-0.2, 0) is 0 Å². The first-order valence-corrected chi connectivity index (χ1v) is 7.46. The second-order valence-corrected chi connectivity index (χ2v) is 5.50. The van der Waals surface area contributed by atoms with Crippen molar-refractivity contribution in [1.82, 2.24) is 9.97 Å². The van der Waals surface area contributed by atoms with Crippen LogP contribution in [0.25, 0.3) is 11.4 Å². The zero-order valence-electron chi connectivity index (χ0n) is 12.5. The van der Waals surface area contributed by atoms with E-state index in [2.05, 4.69) is 15.3 Å². The number of nitrogens with one attached hydrogen (secondary N) is 1. The standard InChI is InChI=1S/C18H14ClN3O/c1-12-6-8-13(9-7-12)17-20-10-14(11-21-17)22-18(23)15-4-2-3-5-16(15)19/h2-11H,1H3,(H,22,23). The highest BCUT2D eigenvalue weighted by Crippen LogP contribution is 2.18. The highest BCUT2D eigenvalue weighted by atomic mass is 35.5. The van der Waals surface area contributed by atoms with Crippen LogP contribution in [0.1, 0.15) is 15.9 Å². The Morgan fingerprint density at radius 2 is 1.65 bits per heavy atom. The molecule has 0 fully saturated rings. The van der Waals surface area contributed by atoms with E-state index in [1.54, 1.807) is 36.7 Å². The number of halogens is 1. The lowest BCUT2D eigenvalue weighted by atomic mass is 10.1. The summed E-state index contributed by atoms with van der Waals surface area (Å²) in [5, 5.41) is 3.14. The molecule has 1 heterocycles. The first-order chi connectivity index (χ1) is 11.1. The van der Waals surface area contributed by atoms with Gasteiger partial charge in [0.2, 0.25) is 0 Å².